The fourth-order valence-electron chi connectivity index (χ4n) is 1.36. The van der Waals surface area contributed by atoms with E-state index in [9.17, 15) is 13.2 Å². The number of anilines is 1. The molecule has 0 aliphatic heterocycles. The van der Waals surface area contributed by atoms with Gasteiger partial charge in [0.2, 0.25) is 15.9 Å². The van der Waals surface area contributed by atoms with Gasteiger partial charge in [-0.25, -0.2) is 13.1 Å². The number of carbonyl (C=O) groups is 1. The van der Waals surface area contributed by atoms with E-state index < -0.39 is 21.3 Å². The first-order valence-electron chi connectivity index (χ1n) is 5.82. The smallest absolute Gasteiger partial charge is 0.240 e. The van der Waals surface area contributed by atoms with Gasteiger partial charge in [0.05, 0.1) is 21.0 Å². The summed E-state index contributed by atoms with van der Waals surface area (Å²) in [5.74, 6) is -0.591. The number of sulfonamides is 1. The summed E-state index contributed by atoms with van der Waals surface area (Å²) >= 11 is 5.89. The second-order valence-electron chi connectivity index (χ2n) is 5.22. The minimum Gasteiger partial charge on any atom is -0.397 e. The Morgan fingerprint density at radius 3 is 2.40 bits per heavy atom. The lowest BCUT2D eigenvalue weighted by Gasteiger charge is -2.21. The molecule has 1 aromatic rings. The summed E-state index contributed by atoms with van der Waals surface area (Å²) in [6, 6.07) is 2.69. The van der Waals surface area contributed by atoms with Gasteiger partial charge < -0.3 is 11.5 Å². The Morgan fingerprint density at radius 1 is 1.40 bits per heavy atom. The van der Waals surface area contributed by atoms with Crippen LogP contribution in [-0.2, 0) is 14.8 Å². The first kappa shape index (κ1) is 16.7. The van der Waals surface area contributed by atoms with Gasteiger partial charge in [0.25, 0.3) is 0 Å². The molecule has 0 aliphatic rings. The molecule has 112 valence electrons. The Morgan fingerprint density at radius 2 is 1.95 bits per heavy atom. The van der Waals surface area contributed by atoms with Gasteiger partial charge in [-0.15, -0.1) is 0 Å². The van der Waals surface area contributed by atoms with Crippen molar-refractivity contribution in [1.29, 1.82) is 0 Å². The Hall–Kier alpha value is -1.31. The molecule has 1 rings (SSSR count). The maximum absolute atomic E-state index is 12.2. The van der Waals surface area contributed by atoms with Gasteiger partial charge in [0.15, 0.2) is 0 Å². The molecule has 0 saturated carbocycles. The summed E-state index contributed by atoms with van der Waals surface area (Å²) in [6.07, 6.45) is 0. The molecule has 0 radical (unpaired) electrons. The predicted octanol–water partition coefficient (Wildman–Crippen LogP) is 1.02. The first-order valence-corrected chi connectivity index (χ1v) is 7.68. The lowest BCUT2D eigenvalue weighted by molar-refractivity contribution is -0.125. The van der Waals surface area contributed by atoms with E-state index in [0.717, 1.165) is 0 Å². The molecular formula is C12H18ClN3O3S. The molecule has 0 heterocycles. The van der Waals surface area contributed by atoms with Crippen LogP contribution in [0.15, 0.2) is 17.0 Å². The van der Waals surface area contributed by atoms with E-state index in [1.54, 1.807) is 20.8 Å². The molecule has 1 aromatic carbocycles. The van der Waals surface area contributed by atoms with Gasteiger partial charge in [0.1, 0.15) is 0 Å². The highest BCUT2D eigenvalue weighted by molar-refractivity contribution is 7.89. The number of nitrogens with one attached hydrogen (secondary N) is 1. The number of hydrogen-bond acceptors (Lipinski definition) is 4. The van der Waals surface area contributed by atoms with Crippen molar-refractivity contribution in [2.45, 2.75) is 25.7 Å². The maximum Gasteiger partial charge on any atom is 0.240 e. The van der Waals surface area contributed by atoms with E-state index in [4.69, 9.17) is 23.1 Å². The van der Waals surface area contributed by atoms with Gasteiger partial charge >= 0.3 is 0 Å². The highest BCUT2D eigenvalue weighted by atomic mass is 35.5. The van der Waals surface area contributed by atoms with Crippen LogP contribution in [0.1, 0.15) is 19.4 Å². The third-order valence-corrected chi connectivity index (χ3v) is 4.83. The normalized spacial score (nSPS) is 12.4. The van der Waals surface area contributed by atoms with Gasteiger partial charge in [0, 0.05) is 6.54 Å². The number of carbonyl (C=O) groups excluding carboxylic acids is 1. The molecule has 0 spiro atoms. The van der Waals surface area contributed by atoms with E-state index >= 15 is 0 Å². The molecule has 0 bridgehead atoms. The average molecular weight is 320 g/mol. The average Bonchev–Trinajstić information content (AvgIpc) is 2.33. The molecular weight excluding hydrogens is 302 g/mol. The SMILES string of the molecule is Cc1cc(S(=O)(=O)NCC(C)(C)C(N)=O)cc(N)c1Cl. The highest BCUT2D eigenvalue weighted by Gasteiger charge is 2.27. The largest absolute Gasteiger partial charge is 0.397 e. The minimum absolute atomic E-state index is 0.00262. The van der Waals surface area contributed by atoms with Crippen LogP contribution in [0.25, 0.3) is 0 Å². The van der Waals surface area contributed by atoms with Crippen LogP contribution in [0, 0.1) is 12.3 Å². The molecule has 20 heavy (non-hydrogen) atoms. The summed E-state index contributed by atoms with van der Waals surface area (Å²) in [4.78, 5) is 11.2. The van der Waals surface area contributed by atoms with E-state index in [-0.39, 0.29) is 17.1 Å². The zero-order chi connectivity index (χ0) is 15.7. The molecule has 8 heteroatoms. The Labute approximate surface area is 123 Å². The molecule has 0 unspecified atom stereocenters. The fraction of sp³-hybridized carbons (Fsp3) is 0.417. The molecule has 5 N–H and O–H groups in total. The zero-order valence-electron chi connectivity index (χ0n) is 11.5. The van der Waals surface area contributed by atoms with E-state index in [1.807, 2.05) is 0 Å². The van der Waals surface area contributed by atoms with Crippen molar-refractivity contribution in [3.63, 3.8) is 0 Å². The summed E-state index contributed by atoms with van der Waals surface area (Å²) in [7, 11) is -3.79. The molecule has 1 amide bonds. The lowest BCUT2D eigenvalue weighted by atomic mass is 9.93. The van der Waals surface area contributed by atoms with Crippen molar-refractivity contribution >= 4 is 33.2 Å². The van der Waals surface area contributed by atoms with E-state index in [2.05, 4.69) is 4.72 Å². The molecule has 0 atom stereocenters. The first-order chi connectivity index (χ1) is 8.97. The Balaban J connectivity index is 3.04. The van der Waals surface area contributed by atoms with Gasteiger partial charge in [-0.05, 0) is 38.5 Å². The lowest BCUT2D eigenvalue weighted by Crippen LogP contribution is -2.42. The summed E-state index contributed by atoms with van der Waals surface area (Å²) in [5, 5.41) is 0.321. The number of primary amides is 1. The summed E-state index contributed by atoms with van der Waals surface area (Å²) < 4.78 is 26.7. The van der Waals surface area contributed by atoms with Crippen LogP contribution in [0.2, 0.25) is 5.02 Å². The predicted molar refractivity (Wildman–Crippen MR) is 78.8 cm³/mol. The van der Waals surface area contributed by atoms with Crippen LogP contribution in [0.5, 0.6) is 0 Å². The van der Waals surface area contributed by atoms with Crippen molar-refractivity contribution in [1.82, 2.24) is 4.72 Å². The maximum atomic E-state index is 12.2. The van der Waals surface area contributed by atoms with Crippen LogP contribution in [0.4, 0.5) is 5.69 Å². The van der Waals surface area contributed by atoms with Crippen molar-refractivity contribution in [2.75, 3.05) is 12.3 Å². The summed E-state index contributed by atoms with van der Waals surface area (Å²) in [5.41, 5.74) is 10.6. The Kier molecular flexibility index (Phi) is 4.68. The van der Waals surface area contributed by atoms with Crippen LogP contribution < -0.4 is 16.2 Å². The number of rotatable bonds is 5. The van der Waals surface area contributed by atoms with Crippen LogP contribution in [0.3, 0.4) is 0 Å². The van der Waals surface area contributed by atoms with Crippen LogP contribution in [-0.4, -0.2) is 20.9 Å². The number of halogens is 1. The number of aryl methyl sites for hydroxylation is 1. The minimum atomic E-state index is -3.79. The highest BCUT2D eigenvalue weighted by Crippen LogP contribution is 2.27. The molecule has 0 aromatic heterocycles. The van der Waals surface area contributed by atoms with Crippen molar-refractivity contribution in [3.05, 3.63) is 22.7 Å². The molecule has 0 aliphatic carbocycles. The standard InChI is InChI=1S/C12H18ClN3O3S/c1-7-4-8(5-9(14)10(7)13)20(18,19)16-6-12(2,3)11(15)17/h4-5,16H,6,14H2,1-3H3,(H2,15,17). The van der Waals surface area contributed by atoms with Gasteiger partial charge in [-0.2, -0.15) is 0 Å². The fourth-order valence-corrected chi connectivity index (χ4v) is 2.80. The second kappa shape index (κ2) is 5.59. The second-order valence-corrected chi connectivity index (χ2v) is 7.36. The number of nitrogens with two attached hydrogens (primary N) is 2. The Bertz CT molecular complexity index is 618. The molecule has 6 nitrogen and oxygen atoms in total. The third kappa shape index (κ3) is 3.62. The number of benzene rings is 1. The molecule has 0 fully saturated rings. The number of amides is 1. The number of hydrogen-bond donors (Lipinski definition) is 3. The zero-order valence-corrected chi connectivity index (χ0v) is 13.1. The van der Waals surface area contributed by atoms with Gasteiger partial charge in [-0.1, -0.05) is 11.6 Å². The monoisotopic (exact) mass is 319 g/mol. The summed E-state index contributed by atoms with van der Waals surface area (Å²) in [6.45, 7) is 4.66. The van der Waals surface area contributed by atoms with E-state index in [1.165, 1.54) is 12.1 Å². The number of nitrogen functional groups attached to an aromatic ring is 1. The third-order valence-electron chi connectivity index (χ3n) is 2.94. The topological polar surface area (TPSA) is 115 Å². The molecule has 0 saturated heterocycles. The van der Waals surface area contributed by atoms with E-state index in [0.29, 0.717) is 10.6 Å². The van der Waals surface area contributed by atoms with Crippen molar-refractivity contribution < 1.29 is 13.2 Å². The quantitative estimate of drug-likeness (QED) is 0.703. The van der Waals surface area contributed by atoms with Crippen molar-refractivity contribution in [2.24, 2.45) is 11.1 Å². The van der Waals surface area contributed by atoms with Gasteiger partial charge in [-0.3, -0.25) is 4.79 Å². The van der Waals surface area contributed by atoms with Crippen molar-refractivity contribution in [3.8, 4) is 0 Å². The van der Waals surface area contributed by atoms with Crippen LogP contribution >= 0.6 is 11.6 Å².